The number of anilines is 2. The molecule has 0 aliphatic carbocycles. The van der Waals surface area contributed by atoms with Crippen LogP contribution < -0.4 is 11.1 Å². The summed E-state index contributed by atoms with van der Waals surface area (Å²) < 4.78 is 0. The van der Waals surface area contributed by atoms with Crippen LogP contribution >= 0.6 is 0 Å². The minimum Gasteiger partial charge on any atom is -0.384 e. The molecule has 2 aromatic rings. The smallest absolute Gasteiger partial charge is 0.166 e. The first-order chi connectivity index (χ1) is 9.79. The van der Waals surface area contributed by atoms with Crippen molar-refractivity contribution in [1.29, 1.82) is 0 Å². The van der Waals surface area contributed by atoms with Crippen LogP contribution in [0.2, 0.25) is 0 Å². The molecule has 0 aromatic carbocycles. The molecule has 0 fully saturated rings. The Hall–Kier alpha value is -1.95. The molecule has 1 atom stereocenters. The van der Waals surface area contributed by atoms with Gasteiger partial charge in [-0.15, -0.1) is 0 Å². The standard InChI is InChI=1S/C15H24N6/c1-10(15(2,3)8-21(4)5)19-13-11-6-7-12(16)20-14(11)18-9-17-13/h6-7,9-10H,8H2,1-5H3,(H3,16,17,18,19,20)/t10-/m1/s1. The predicted octanol–water partition coefficient (Wildman–Crippen LogP) is 2.00. The van der Waals surface area contributed by atoms with Crippen LogP contribution in [-0.2, 0) is 0 Å². The second-order valence-electron chi connectivity index (χ2n) is 6.42. The zero-order chi connectivity index (χ0) is 15.6. The summed E-state index contributed by atoms with van der Waals surface area (Å²) in [5, 5.41) is 4.38. The van der Waals surface area contributed by atoms with Gasteiger partial charge in [0.25, 0.3) is 0 Å². The fourth-order valence-corrected chi connectivity index (χ4v) is 2.42. The molecular formula is C15H24N6. The van der Waals surface area contributed by atoms with Gasteiger partial charge in [0.2, 0.25) is 0 Å². The van der Waals surface area contributed by atoms with Gasteiger partial charge in [0.15, 0.2) is 5.65 Å². The van der Waals surface area contributed by atoms with E-state index in [4.69, 9.17) is 5.73 Å². The van der Waals surface area contributed by atoms with Crippen molar-refractivity contribution in [1.82, 2.24) is 19.9 Å². The van der Waals surface area contributed by atoms with Crippen molar-refractivity contribution in [2.75, 3.05) is 31.7 Å². The number of nitrogens with one attached hydrogen (secondary N) is 1. The second-order valence-corrected chi connectivity index (χ2v) is 6.42. The zero-order valence-electron chi connectivity index (χ0n) is 13.4. The van der Waals surface area contributed by atoms with Gasteiger partial charge in [-0.1, -0.05) is 13.8 Å². The van der Waals surface area contributed by atoms with Gasteiger partial charge in [0.05, 0.1) is 5.39 Å². The van der Waals surface area contributed by atoms with Gasteiger partial charge < -0.3 is 16.0 Å². The molecule has 0 spiro atoms. The Morgan fingerprint density at radius 1 is 1.29 bits per heavy atom. The van der Waals surface area contributed by atoms with Gasteiger partial charge in [0.1, 0.15) is 18.0 Å². The molecule has 0 aliphatic rings. The summed E-state index contributed by atoms with van der Waals surface area (Å²) in [6.07, 6.45) is 1.52. The lowest BCUT2D eigenvalue weighted by atomic mass is 9.85. The molecule has 2 rings (SSSR count). The summed E-state index contributed by atoms with van der Waals surface area (Å²) in [6.45, 7) is 7.63. The average Bonchev–Trinajstić information content (AvgIpc) is 2.37. The van der Waals surface area contributed by atoms with Crippen molar-refractivity contribution in [3.63, 3.8) is 0 Å². The molecule has 21 heavy (non-hydrogen) atoms. The molecule has 0 aliphatic heterocycles. The van der Waals surface area contributed by atoms with Gasteiger partial charge in [-0.3, -0.25) is 0 Å². The van der Waals surface area contributed by atoms with E-state index in [9.17, 15) is 0 Å². The summed E-state index contributed by atoms with van der Waals surface area (Å²) in [5.41, 5.74) is 6.42. The summed E-state index contributed by atoms with van der Waals surface area (Å²) in [4.78, 5) is 14.9. The van der Waals surface area contributed by atoms with E-state index in [1.165, 1.54) is 6.33 Å². The maximum atomic E-state index is 5.70. The summed E-state index contributed by atoms with van der Waals surface area (Å²) in [6, 6.07) is 3.92. The number of nitrogen functional groups attached to an aromatic ring is 1. The predicted molar refractivity (Wildman–Crippen MR) is 87.2 cm³/mol. The SMILES string of the molecule is C[C@@H](Nc1ncnc2nc(N)ccc12)C(C)(C)CN(C)C. The lowest BCUT2D eigenvalue weighted by Gasteiger charge is -2.35. The van der Waals surface area contributed by atoms with E-state index in [-0.39, 0.29) is 11.5 Å². The molecule has 6 heteroatoms. The molecule has 2 heterocycles. The van der Waals surface area contributed by atoms with Crippen molar-refractivity contribution in [2.24, 2.45) is 5.41 Å². The number of nitrogens with zero attached hydrogens (tertiary/aromatic N) is 4. The van der Waals surface area contributed by atoms with Crippen molar-refractivity contribution in [2.45, 2.75) is 26.8 Å². The van der Waals surface area contributed by atoms with Crippen LogP contribution in [0.1, 0.15) is 20.8 Å². The maximum absolute atomic E-state index is 5.70. The lowest BCUT2D eigenvalue weighted by molar-refractivity contribution is 0.217. The molecule has 6 nitrogen and oxygen atoms in total. The molecular weight excluding hydrogens is 264 g/mol. The minimum absolute atomic E-state index is 0.0992. The summed E-state index contributed by atoms with van der Waals surface area (Å²) in [5.74, 6) is 1.26. The largest absolute Gasteiger partial charge is 0.384 e. The van der Waals surface area contributed by atoms with Crippen LogP contribution in [0.4, 0.5) is 11.6 Å². The number of nitrogens with two attached hydrogens (primary N) is 1. The van der Waals surface area contributed by atoms with Gasteiger partial charge in [-0.2, -0.15) is 0 Å². The number of pyridine rings is 1. The number of aromatic nitrogens is 3. The highest BCUT2D eigenvalue weighted by molar-refractivity contribution is 5.87. The highest BCUT2D eigenvalue weighted by Gasteiger charge is 2.27. The molecule has 2 aromatic heterocycles. The Bertz CT molecular complexity index is 623. The first kappa shape index (κ1) is 15.4. The van der Waals surface area contributed by atoms with Crippen molar-refractivity contribution < 1.29 is 0 Å². The Balaban J connectivity index is 2.27. The molecule has 0 bridgehead atoms. The number of hydrogen-bond donors (Lipinski definition) is 2. The van der Waals surface area contributed by atoms with Crippen molar-refractivity contribution in [3.8, 4) is 0 Å². The molecule has 0 radical (unpaired) electrons. The Morgan fingerprint density at radius 2 is 2.00 bits per heavy atom. The molecule has 3 N–H and O–H groups in total. The molecule has 0 saturated carbocycles. The van der Waals surface area contributed by atoms with E-state index in [1.54, 1.807) is 6.07 Å². The molecule has 114 valence electrons. The average molecular weight is 288 g/mol. The normalized spacial score (nSPS) is 13.6. The van der Waals surface area contributed by atoms with Crippen LogP contribution in [0.15, 0.2) is 18.5 Å². The van der Waals surface area contributed by atoms with E-state index in [0.717, 1.165) is 17.7 Å². The minimum atomic E-state index is 0.0992. The number of rotatable bonds is 5. The highest BCUT2D eigenvalue weighted by atomic mass is 15.1. The van der Waals surface area contributed by atoms with Crippen LogP contribution in [0.25, 0.3) is 11.0 Å². The number of fused-ring (bicyclic) bond motifs is 1. The van der Waals surface area contributed by atoms with E-state index in [0.29, 0.717) is 11.5 Å². The Kier molecular flexibility index (Phi) is 4.27. The zero-order valence-corrected chi connectivity index (χ0v) is 13.4. The quantitative estimate of drug-likeness (QED) is 0.876. The van der Waals surface area contributed by atoms with Crippen LogP contribution in [0, 0.1) is 5.41 Å². The molecule has 0 amide bonds. The van der Waals surface area contributed by atoms with Crippen LogP contribution in [0.5, 0.6) is 0 Å². The van der Waals surface area contributed by atoms with E-state index in [2.05, 4.69) is 60.0 Å². The maximum Gasteiger partial charge on any atom is 0.166 e. The summed E-state index contributed by atoms with van der Waals surface area (Å²) in [7, 11) is 4.17. The Labute approximate surface area is 125 Å². The monoisotopic (exact) mass is 288 g/mol. The van der Waals surface area contributed by atoms with E-state index in [1.807, 2.05) is 6.07 Å². The van der Waals surface area contributed by atoms with Gasteiger partial charge in [-0.25, -0.2) is 15.0 Å². The topological polar surface area (TPSA) is 80.0 Å². The Morgan fingerprint density at radius 3 is 2.67 bits per heavy atom. The first-order valence-electron chi connectivity index (χ1n) is 7.08. The number of hydrogen-bond acceptors (Lipinski definition) is 6. The molecule has 0 saturated heterocycles. The fraction of sp³-hybridized carbons (Fsp3) is 0.533. The third-order valence-corrected chi connectivity index (χ3v) is 3.77. The van der Waals surface area contributed by atoms with Gasteiger partial charge in [-0.05, 0) is 38.6 Å². The molecule has 0 unspecified atom stereocenters. The fourth-order valence-electron chi connectivity index (χ4n) is 2.42. The lowest BCUT2D eigenvalue weighted by Crippen LogP contribution is -2.41. The first-order valence-corrected chi connectivity index (χ1v) is 7.08. The summed E-state index contributed by atoms with van der Waals surface area (Å²) >= 11 is 0. The van der Waals surface area contributed by atoms with Crippen molar-refractivity contribution in [3.05, 3.63) is 18.5 Å². The third-order valence-electron chi connectivity index (χ3n) is 3.77. The van der Waals surface area contributed by atoms with E-state index >= 15 is 0 Å². The third kappa shape index (κ3) is 3.58. The van der Waals surface area contributed by atoms with Crippen LogP contribution in [0.3, 0.4) is 0 Å². The highest BCUT2D eigenvalue weighted by Crippen LogP contribution is 2.26. The van der Waals surface area contributed by atoms with E-state index < -0.39 is 0 Å². The van der Waals surface area contributed by atoms with Crippen molar-refractivity contribution >= 4 is 22.7 Å². The second kappa shape index (κ2) is 5.81. The van der Waals surface area contributed by atoms with Crippen LogP contribution in [-0.4, -0.2) is 46.5 Å². The van der Waals surface area contributed by atoms with Gasteiger partial charge in [0, 0.05) is 12.6 Å². The van der Waals surface area contributed by atoms with Gasteiger partial charge >= 0.3 is 0 Å².